The Hall–Kier alpha value is -1.35. The standard InChI is InChI=1S/C21H34N4O2.HI/c1-4-12-21(27,13-5-2)16-24-20(22-6-3)23-15-19(26)25-14-11-17-9-7-8-10-18(17)25;/h7-10,27H,4-6,11-16H2,1-3H3,(H2,22,23,24);1H. The second kappa shape index (κ2) is 12.3. The van der Waals surface area contributed by atoms with Gasteiger partial charge in [-0.25, -0.2) is 4.99 Å². The Bertz CT molecular complexity index is 645. The van der Waals surface area contributed by atoms with Gasteiger partial charge in [-0.05, 0) is 37.8 Å². The van der Waals surface area contributed by atoms with E-state index >= 15 is 0 Å². The Morgan fingerprint density at radius 3 is 2.50 bits per heavy atom. The average molecular weight is 502 g/mol. The molecule has 2 rings (SSSR count). The van der Waals surface area contributed by atoms with E-state index in [4.69, 9.17) is 0 Å². The zero-order valence-corrected chi connectivity index (χ0v) is 19.7. The van der Waals surface area contributed by atoms with Gasteiger partial charge in [0, 0.05) is 25.3 Å². The lowest BCUT2D eigenvalue weighted by atomic mass is 9.93. The Labute approximate surface area is 186 Å². The Kier molecular flexibility index (Phi) is 10.8. The smallest absolute Gasteiger partial charge is 0.248 e. The third-order valence-corrected chi connectivity index (χ3v) is 4.92. The highest BCUT2D eigenvalue weighted by Crippen LogP contribution is 2.27. The minimum Gasteiger partial charge on any atom is -0.388 e. The molecule has 1 heterocycles. The molecule has 1 aliphatic heterocycles. The van der Waals surface area contributed by atoms with E-state index in [1.165, 1.54) is 5.56 Å². The van der Waals surface area contributed by atoms with Gasteiger partial charge < -0.3 is 20.6 Å². The van der Waals surface area contributed by atoms with Crippen LogP contribution in [0.4, 0.5) is 5.69 Å². The van der Waals surface area contributed by atoms with E-state index in [0.29, 0.717) is 25.6 Å². The van der Waals surface area contributed by atoms with Crippen LogP contribution in [0, 0.1) is 0 Å². The fourth-order valence-corrected chi connectivity index (χ4v) is 3.65. The van der Waals surface area contributed by atoms with Crippen molar-refractivity contribution in [3.63, 3.8) is 0 Å². The van der Waals surface area contributed by atoms with Crippen LogP contribution in [-0.2, 0) is 11.2 Å². The Morgan fingerprint density at radius 2 is 1.86 bits per heavy atom. The maximum atomic E-state index is 12.6. The van der Waals surface area contributed by atoms with Crippen molar-refractivity contribution < 1.29 is 9.90 Å². The van der Waals surface area contributed by atoms with E-state index in [2.05, 4.69) is 35.5 Å². The molecule has 1 aromatic carbocycles. The number of nitrogens with zero attached hydrogens (tertiary/aromatic N) is 2. The van der Waals surface area contributed by atoms with Crippen LogP contribution < -0.4 is 15.5 Å². The molecule has 0 aliphatic carbocycles. The van der Waals surface area contributed by atoms with E-state index in [9.17, 15) is 9.90 Å². The van der Waals surface area contributed by atoms with Crippen LogP contribution >= 0.6 is 24.0 Å². The van der Waals surface area contributed by atoms with Crippen LogP contribution in [0.15, 0.2) is 29.3 Å². The average Bonchev–Trinajstić information content (AvgIpc) is 3.08. The van der Waals surface area contributed by atoms with Gasteiger partial charge in [-0.15, -0.1) is 24.0 Å². The molecule has 0 bridgehead atoms. The number of hydrogen-bond donors (Lipinski definition) is 3. The van der Waals surface area contributed by atoms with Gasteiger partial charge in [-0.2, -0.15) is 0 Å². The molecule has 0 spiro atoms. The van der Waals surface area contributed by atoms with Crippen LogP contribution in [0.1, 0.15) is 52.0 Å². The highest BCUT2D eigenvalue weighted by Gasteiger charge is 2.26. The third kappa shape index (κ3) is 6.92. The first kappa shape index (κ1) is 24.7. The number of halogens is 1. The van der Waals surface area contributed by atoms with E-state index in [1.54, 1.807) is 0 Å². The Balaban J connectivity index is 0.00000392. The number of aliphatic hydroxyl groups is 1. The molecule has 0 unspecified atom stereocenters. The van der Waals surface area contributed by atoms with Gasteiger partial charge in [0.25, 0.3) is 0 Å². The van der Waals surface area contributed by atoms with Crippen molar-refractivity contribution in [2.75, 3.05) is 31.1 Å². The highest BCUT2D eigenvalue weighted by atomic mass is 127. The molecule has 0 fully saturated rings. The van der Waals surface area contributed by atoms with Gasteiger partial charge in [-0.1, -0.05) is 44.9 Å². The molecule has 0 aromatic heterocycles. The van der Waals surface area contributed by atoms with E-state index in [0.717, 1.165) is 37.8 Å². The van der Waals surface area contributed by atoms with Crippen LogP contribution in [0.5, 0.6) is 0 Å². The Morgan fingerprint density at radius 1 is 1.18 bits per heavy atom. The third-order valence-electron chi connectivity index (χ3n) is 4.92. The van der Waals surface area contributed by atoms with Crippen LogP contribution in [-0.4, -0.2) is 48.8 Å². The van der Waals surface area contributed by atoms with Gasteiger partial charge in [0.15, 0.2) is 5.96 Å². The monoisotopic (exact) mass is 502 g/mol. The molecule has 1 amide bonds. The first-order chi connectivity index (χ1) is 13.0. The number of fused-ring (bicyclic) bond motifs is 1. The first-order valence-electron chi connectivity index (χ1n) is 10.2. The number of rotatable bonds is 9. The molecular weight excluding hydrogens is 467 g/mol. The predicted octanol–water partition coefficient (Wildman–Crippen LogP) is 3.08. The number of aliphatic imine (C=N–C) groups is 1. The molecule has 6 nitrogen and oxygen atoms in total. The van der Waals surface area contributed by atoms with Gasteiger partial charge >= 0.3 is 0 Å². The van der Waals surface area contributed by atoms with Gasteiger partial charge in [0.2, 0.25) is 5.91 Å². The summed E-state index contributed by atoms with van der Waals surface area (Å²) in [6, 6.07) is 8.02. The number of para-hydroxylation sites is 1. The summed E-state index contributed by atoms with van der Waals surface area (Å²) in [7, 11) is 0. The summed E-state index contributed by atoms with van der Waals surface area (Å²) in [6.07, 6.45) is 4.25. The molecule has 0 atom stereocenters. The lowest BCUT2D eigenvalue weighted by Gasteiger charge is -2.28. The van der Waals surface area contributed by atoms with Crippen LogP contribution in [0.25, 0.3) is 0 Å². The predicted molar refractivity (Wildman–Crippen MR) is 127 cm³/mol. The van der Waals surface area contributed by atoms with Crippen molar-refractivity contribution in [1.82, 2.24) is 10.6 Å². The van der Waals surface area contributed by atoms with E-state index in [-0.39, 0.29) is 36.4 Å². The molecule has 28 heavy (non-hydrogen) atoms. The normalized spacial score (nSPS) is 13.7. The van der Waals surface area contributed by atoms with Crippen molar-refractivity contribution >= 4 is 41.5 Å². The fourth-order valence-electron chi connectivity index (χ4n) is 3.65. The number of amides is 1. The second-order valence-corrected chi connectivity index (χ2v) is 7.20. The molecule has 1 aliphatic rings. The van der Waals surface area contributed by atoms with Crippen LogP contribution in [0.2, 0.25) is 0 Å². The van der Waals surface area contributed by atoms with Gasteiger partial charge in [0.1, 0.15) is 6.54 Å². The summed E-state index contributed by atoms with van der Waals surface area (Å²) < 4.78 is 0. The van der Waals surface area contributed by atoms with E-state index in [1.807, 2.05) is 30.0 Å². The minimum absolute atomic E-state index is 0. The quantitative estimate of drug-likeness (QED) is 0.276. The molecule has 0 saturated carbocycles. The number of carbonyl (C=O) groups is 1. The highest BCUT2D eigenvalue weighted by molar-refractivity contribution is 14.0. The maximum Gasteiger partial charge on any atom is 0.248 e. The number of carbonyl (C=O) groups excluding carboxylic acids is 1. The van der Waals surface area contributed by atoms with Crippen molar-refractivity contribution in [3.8, 4) is 0 Å². The molecule has 7 heteroatoms. The van der Waals surface area contributed by atoms with Crippen LogP contribution in [0.3, 0.4) is 0 Å². The summed E-state index contributed by atoms with van der Waals surface area (Å²) in [6.45, 7) is 8.07. The van der Waals surface area contributed by atoms with Crippen molar-refractivity contribution in [3.05, 3.63) is 29.8 Å². The summed E-state index contributed by atoms with van der Waals surface area (Å²) >= 11 is 0. The fraction of sp³-hybridized carbons (Fsp3) is 0.619. The molecule has 1 aromatic rings. The lowest BCUT2D eigenvalue weighted by molar-refractivity contribution is -0.117. The first-order valence-corrected chi connectivity index (χ1v) is 10.2. The number of nitrogens with one attached hydrogen (secondary N) is 2. The number of hydrogen-bond acceptors (Lipinski definition) is 3. The maximum absolute atomic E-state index is 12.6. The summed E-state index contributed by atoms with van der Waals surface area (Å²) in [5.74, 6) is 0.568. The SMILES string of the molecule is CCCC(O)(CCC)CNC(=NCC(=O)N1CCc2ccccc21)NCC.I. The topological polar surface area (TPSA) is 77.0 Å². The van der Waals surface area contributed by atoms with Gasteiger partial charge in [-0.3, -0.25) is 4.79 Å². The summed E-state index contributed by atoms with van der Waals surface area (Å²) in [4.78, 5) is 18.9. The second-order valence-electron chi connectivity index (χ2n) is 7.20. The van der Waals surface area contributed by atoms with Crippen molar-refractivity contribution in [2.24, 2.45) is 4.99 Å². The minimum atomic E-state index is -0.738. The molecule has 0 radical (unpaired) electrons. The summed E-state index contributed by atoms with van der Waals surface area (Å²) in [5, 5.41) is 17.1. The number of guanidine groups is 1. The van der Waals surface area contributed by atoms with Crippen molar-refractivity contribution in [2.45, 2.75) is 58.5 Å². The lowest BCUT2D eigenvalue weighted by Crippen LogP contribution is -2.47. The number of anilines is 1. The molecule has 0 saturated heterocycles. The summed E-state index contributed by atoms with van der Waals surface area (Å²) in [5.41, 5.74) is 1.47. The van der Waals surface area contributed by atoms with Crippen molar-refractivity contribution in [1.29, 1.82) is 0 Å². The molecular formula is C21H35IN4O2. The zero-order chi connectivity index (χ0) is 19.7. The largest absolute Gasteiger partial charge is 0.388 e. The molecule has 158 valence electrons. The van der Waals surface area contributed by atoms with Gasteiger partial charge in [0.05, 0.1) is 5.60 Å². The van der Waals surface area contributed by atoms with E-state index < -0.39 is 5.60 Å². The molecule has 3 N–H and O–H groups in total. The zero-order valence-electron chi connectivity index (χ0n) is 17.3. The number of benzene rings is 1.